The Bertz CT molecular complexity index is 534. The SMILES string of the molecule is NNc1cncc(Nc2ccc(Br)cc2F)n1. The van der Waals surface area contributed by atoms with E-state index in [1.54, 1.807) is 12.1 Å². The molecule has 17 heavy (non-hydrogen) atoms. The third kappa shape index (κ3) is 2.89. The van der Waals surface area contributed by atoms with E-state index in [1.165, 1.54) is 18.5 Å². The van der Waals surface area contributed by atoms with Gasteiger partial charge in [-0.15, -0.1) is 0 Å². The van der Waals surface area contributed by atoms with Gasteiger partial charge in [0.05, 0.1) is 18.1 Å². The summed E-state index contributed by atoms with van der Waals surface area (Å²) in [4.78, 5) is 7.96. The summed E-state index contributed by atoms with van der Waals surface area (Å²) in [6, 6.07) is 4.69. The Morgan fingerprint density at radius 3 is 2.71 bits per heavy atom. The van der Waals surface area contributed by atoms with Gasteiger partial charge in [0.1, 0.15) is 5.82 Å². The second-order valence-electron chi connectivity index (χ2n) is 3.18. The van der Waals surface area contributed by atoms with E-state index in [1.807, 2.05) is 0 Å². The van der Waals surface area contributed by atoms with Gasteiger partial charge in [-0.1, -0.05) is 15.9 Å². The van der Waals surface area contributed by atoms with Gasteiger partial charge in [-0.25, -0.2) is 15.2 Å². The zero-order chi connectivity index (χ0) is 12.3. The summed E-state index contributed by atoms with van der Waals surface area (Å²) < 4.78 is 14.2. The number of nitrogens with two attached hydrogens (primary N) is 1. The average Bonchev–Trinajstić information content (AvgIpc) is 2.33. The highest BCUT2D eigenvalue weighted by Gasteiger charge is 2.04. The van der Waals surface area contributed by atoms with Crippen molar-refractivity contribution in [3.8, 4) is 0 Å². The highest BCUT2D eigenvalue weighted by molar-refractivity contribution is 9.10. The van der Waals surface area contributed by atoms with Crippen LogP contribution in [0, 0.1) is 5.82 Å². The Labute approximate surface area is 105 Å². The summed E-state index contributed by atoms with van der Waals surface area (Å²) >= 11 is 3.18. The molecule has 0 bridgehead atoms. The van der Waals surface area contributed by atoms with E-state index >= 15 is 0 Å². The van der Waals surface area contributed by atoms with Gasteiger partial charge in [0, 0.05) is 4.47 Å². The van der Waals surface area contributed by atoms with Crippen molar-refractivity contribution in [3.05, 3.63) is 40.9 Å². The normalized spacial score (nSPS) is 10.1. The van der Waals surface area contributed by atoms with Crippen molar-refractivity contribution in [1.82, 2.24) is 9.97 Å². The lowest BCUT2D eigenvalue weighted by Gasteiger charge is -2.07. The molecule has 0 radical (unpaired) electrons. The molecular formula is C10H9BrFN5. The number of hydrogen-bond acceptors (Lipinski definition) is 5. The first-order valence-corrected chi connectivity index (χ1v) is 5.49. The molecule has 0 saturated heterocycles. The number of anilines is 3. The van der Waals surface area contributed by atoms with Gasteiger partial charge in [-0.2, -0.15) is 0 Å². The fourth-order valence-corrected chi connectivity index (χ4v) is 1.56. The number of nitrogens with zero attached hydrogens (tertiary/aromatic N) is 2. The number of benzene rings is 1. The van der Waals surface area contributed by atoms with E-state index in [0.29, 0.717) is 21.8 Å². The molecule has 0 aliphatic carbocycles. The summed E-state index contributed by atoms with van der Waals surface area (Å²) in [6.45, 7) is 0. The fraction of sp³-hybridized carbons (Fsp3) is 0. The van der Waals surface area contributed by atoms with Crippen molar-refractivity contribution >= 4 is 33.3 Å². The molecule has 0 fully saturated rings. The van der Waals surface area contributed by atoms with Crippen molar-refractivity contribution < 1.29 is 4.39 Å². The molecule has 0 atom stereocenters. The molecule has 0 aliphatic heterocycles. The maximum Gasteiger partial charge on any atom is 0.160 e. The van der Waals surface area contributed by atoms with Crippen LogP contribution in [-0.2, 0) is 0 Å². The molecule has 1 aromatic carbocycles. The molecule has 0 amide bonds. The van der Waals surface area contributed by atoms with Gasteiger partial charge >= 0.3 is 0 Å². The van der Waals surface area contributed by atoms with Crippen LogP contribution in [0.3, 0.4) is 0 Å². The summed E-state index contributed by atoms with van der Waals surface area (Å²) in [5, 5.41) is 2.81. The van der Waals surface area contributed by atoms with Gasteiger partial charge in [0.2, 0.25) is 0 Å². The smallest absolute Gasteiger partial charge is 0.160 e. The molecule has 7 heteroatoms. The summed E-state index contributed by atoms with van der Waals surface area (Å²) in [7, 11) is 0. The molecule has 88 valence electrons. The first-order chi connectivity index (χ1) is 8.19. The quantitative estimate of drug-likeness (QED) is 0.599. The van der Waals surface area contributed by atoms with E-state index in [2.05, 4.69) is 36.6 Å². The topological polar surface area (TPSA) is 75.9 Å². The first kappa shape index (κ1) is 11.7. The minimum atomic E-state index is -0.382. The van der Waals surface area contributed by atoms with Crippen LogP contribution in [0.1, 0.15) is 0 Å². The molecule has 4 N–H and O–H groups in total. The maximum absolute atomic E-state index is 13.5. The van der Waals surface area contributed by atoms with Crippen molar-refractivity contribution in [2.45, 2.75) is 0 Å². The number of rotatable bonds is 3. The molecule has 1 heterocycles. The molecule has 0 saturated carbocycles. The van der Waals surface area contributed by atoms with Crippen LogP contribution in [-0.4, -0.2) is 9.97 Å². The van der Waals surface area contributed by atoms with Crippen LogP contribution < -0.4 is 16.6 Å². The van der Waals surface area contributed by atoms with Crippen LogP contribution in [0.2, 0.25) is 0 Å². The number of aromatic nitrogens is 2. The van der Waals surface area contributed by atoms with Crippen molar-refractivity contribution in [2.75, 3.05) is 10.7 Å². The van der Waals surface area contributed by atoms with E-state index in [-0.39, 0.29) is 5.82 Å². The highest BCUT2D eigenvalue weighted by atomic mass is 79.9. The summed E-state index contributed by atoms with van der Waals surface area (Å²) in [6.07, 6.45) is 2.94. The predicted octanol–water partition coefficient (Wildman–Crippen LogP) is 2.41. The molecule has 0 spiro atoms. The Morgan fingerprint density at radius 2 is 2.00 bits per heavy atom. The molecule has 5 nitrogen and oxygen atoms in total. The number of hydrogen-bond donors (Lipinski definition) is 3. The van der Waals surface area contributed by atoms with Crippen LogP contribution in [0.4, 0.5) is 21.7 Å². The van der Waals surface area contributed by atoms with Crippen LogP contribution >= 0.6 is 15.9 Å². The lowest BCUT2D eigenvalue weighted by molar-refractivity contribution is 0.631. The Morgan fingerprint density at radius 1 is 1.24 bits per heavy atom. The largest absolute Gasteiger partial charge is 0.336 e. The second-order valence-corrected chi connectivity index (χ2v) is 4.10. The lowest BCUT2D eigenvalue weighted by Crippen LogP contribution is -2.09. The van der Waals surface area contributed by atoms with Crippen LogP contribution in [0.25, 0.3) is 0 Å². The molecule has 2 rings (SSSR count). The minimum absolute atomic E-state index is 0.316. The number of nitrogen functional groups attached to an aromatic ring is 1. The molecule has 2 aromatic rings. The van der Waals surface area contributed by atoms with Gasteiger partial charge in [0.15, 0.2) is 11.6 Å². The summed E-state index contributed by atoms with van der Waals surface area (Å²) in [5.74, 6) is 5.62. The Kier molecular flexibility index (Phi) is 3.50. The predicted molar refractivity (Wildman–Crippen MR) is 67.2 cm³/mol. The van der Waals surface area contributed by atoms with Crippen molar-refractivity contribution in [1.29, 1.82) is 0 Å². The first-order valence-electron chi connectivity index (χ1n) is 4.70. The van der Waals surface area contributed by atoms with Crippen molar-refractivity contribution in [3.63, 3.8) is 0 Å². The monoisotopic (exact) mass is 297 g/mol. The number of nitrogens with one attached hydrogen (secondary N) is 2. The highest BCUT2D eigenvalue weighted by Crippen LogP contribution is 2.22. The summed E-state index contributed by atoms with van der Waals surface area (Å²) in [5.41, 5.74) is 2.68. The van der Waals surface area contributed by atoms with Crippen LogP contribution in [0.15, 0.2) is 35.1 Å². The van der Waals surface area contributed by atoms with E-state index in [9.17, 15) is 4.39 Å². The zero-order valence-corrected chi connectivity index (χ0v) is 10.2. The molecule has 0 aliphatic rings. The third-order valence-electron chi connectivity index (χ3n) is 1.98. The zero-order valence-electron chi connectivity index (χ0n) is 8.61. The Balaban J connectivity index is 2.25. The van der Waals surface area contributed by atoms with Crippen molar-refractivity contribution in [2.24, 2.45) is 5.84 Å². The van der Waals surface area contributed by atoms with Gasteiger partial charge < -0.3 is 10.7 Å². The molecule has 0 unspecified atom stereocenters. The average molecular weight is 298 g/mol. The van der Waals surface area contributed by atoms with E-state index < -0.39 is 0 Å². The van der Waals surface area contributed by atoms with Gasteiger partial charge in [-0.05, 0) is 18.2 Å². The molecular weight excluding hydrogens is 289 g/mol. The second kappa shape index (κ2) is 5.07. The maximum atomic E-state index is 13.5. The fourth-order valence-electron chi connectivity index (χ4n) is 1.22. The Hall–Kier alpha value is -1.73. The van der Waals surface area contributed by atoms with Gasteiger partial charge in [0.25, 0.3) is 0 Å². The number of halogens is 2. The minimum Gasteiger partial charge on any atom is -0.336 e. The number of hydrazine groups is 1. The standard InChI is InChI=1S/C10H9BrFN5/c11-6-1-2-8(7(12)3-6)15-9-4-14-5-10(16-9)17-13/h1-5H,13H2,(H2,15,16,17). The van der Waals surface area contributed by atoms with E-state index in [4.69, 9.17) is 5.84 Å². The van der Waals surface area contributed by atoms with Gasteiger partial charge in [-0.3, -0.25) is 4.98 Å². The molecule has 1 aromatic heterocycles. The van der Waals surface area contributed by atoms with Crippen LogP contribution in [0.5, 0.6) is 0 Å². The third-order valence-corrected chi connectivity index (χ3v) is 2.47. The lowest BCUT2D eigenvalue weighted by atomic mass is 10.3. The van der Waals surface area contributed by atoms with E-state index in [0.717, 1.165) is 0 Å².